The predicted octanol–water partition coefficient (Wildman–Crippen LogP) is 4.10. The van der Waals surface area contributed by atoms with Gasteiger partial charge in [-0.2, -0.15) is 4.31 Å². The van der Waals surface area contributed by atoms with Gasteiger partial charge in [0.15, 0.2) is 10.9 Å². The Morgan fingerprint density at radius 2 is 1.72 bits per heavy atom. The zero-order chi connectivity index (χ0) is 26.0. The van der Waals surface area contributed by atoms with Gasteiger partial charge in [0.2, 0.25) is 15.9 Å². The highest BCUT2D eigenvalue weighted by atomic mass is 32.2. The Morgan fingerprint density at radius 3 is 2.36 bits per heavy atom. The topological polar surface area (TPSA) is 73.8 Å². The Bertz CT molecular complexity index is 1340. The zero-order valence-electron chi connectivity index (χ0n) is 20.0. The van der Waals surface area contributed by atoms with Crippen LogP contribution in [-0.4, -0.2) is 68.8 Å². The second-order valence-electron chi connectivity index (χ2n) is 9.01. The predicted molar refractivity (Wildman–Crippen MR) is 133 cm³/mol. The van der Waals surface area contributed by atoms with E-state index in [-0.39, 0.29) is 29.4 Å². The Morgan fingerprint density at radius 1 is 1.06 bits per heavy atom. The molecule has 0 N–H and O–H groups in total. The minimum atomic E-state index is -3.80. The van der Waals surface area contributed by atoms with Crippen LogP contribution in [0.2, 0.25) is 0 Å². The number of rotatable bonds is 8. The molecule has 4 rings (SSSR count). The van der Waals surface area contributed by atoms with Crippen LogP contribution in [0.1, 0.15) is 19.3 Å². The Kier molecular flexibility index (Phi) is 7.98. The summed E-state index contributed by atoms with van der Waals surface area (Å²) in [5, 5.41) is 0.291. The van der Waals surface area contributed by atoms with E-state index in [1.54, 1.807) is 0 Å². The second-order valence-corrected chi connectivity index (χ2v) is 12.0. The van der Waals surface area contributed by atoms with E-state index >= 15 is 0 Å². The molecule has 36 heavy (non-hydrogen) atoms. The van der Waals surface area contributed by atoms with Gasteiger partial charge in [0.1, 0.15) is 17.2 Å². The van der Waals surface area contributed by atoms with E-state index in [2.05, 4.69) is 4.98 Å². The smallest absolute Gasteiger partial charge is 0.243 e. The quantitative estimate of drug-likeness (QED) is 0.430. The molecule has 12 heteroatoms. The Balaban J connectivity index is 1.52. The largest absolute Gasteiger partial charge is 0.309 e. The lowest BCUT2D eigenvalue weighted by Crippen LogP contribution is -2.45. The maximum atomic E-state index is 14.3. The first kappa shape index (κ1) is 26.5. The molecule has 0 radical (unpaired) electrons. The highest BCUT2D eigenvalue weighted by molar-refractivity contribution is 7.89. The maximum Gasteiger partial charge on any atom is 0.243 e. The molecular formula is C24H27F3N4O3S2. The summed E-state index contributed by atoms with van der Waals surface area (Å²) in [5.74, 6) is -2.68. The normalized spacial score (nSPS) is 15.6. The number of thiazole rings is 1. The molecule has 3 aromatic rings. The molecule has 1 aromatic heterocycles. The van der Waals surface area contributed by atoms with Crippen molar-refractivity contribution >= 4 is 42.6 Å². The lowest BCUT2D eigenvalue weighted by atomic mass is 9.96. The lowest BCUT2D eigenvalue weighted by Gasteiger charge is -2.33. The first-order valence-electron chi connectivity index (χ1n) is 11.5. The van der Waals surface area contributed by atoms with E-state index in [1.165, 1.54) is 27.4 Å². The fourth-order valence-electron chi connectivity index (χ4n) is 4.23. The first-order chi connectivity index (χ1) is 17.1. The first-order valence-corrected chi connectivity index (χ1v) is 13.8. The van der Waals surface area contributed by atoms with Crippen LogP contribution in [0.4, 0.5) is 18.3 Å². The van der Waals surface area contributed by atoms with Gasteiger partial charge in [-0.25, -0.2) is 26.6 Å². The molecule has 1 amide bonds. The molecule has 0 aliphatic carbocycles. The van der Waals surface area contributed by atoms with Crippen molar-refractivity contribution < 1.29 is 26.4 Å². The molecule has 0 unspecified atom stereocenters. The van der Waals surface area contributed by atoms with Gasteiger partial charge >= 0.3 is 0 Å². The number of nitrogens with zero attached hydrogens (tertiary/aromatic N) is 4. The van der Waals surface area contributed by atoms with Gasteiger partial charge in [-0.15, -0.1) is 0 Å². The molecule has 1 fully saturated rings. The van der Waals surface area contributed by atoms with Crippen molar-refractivity contribution in [2.45, 2.75) is 24.2 Å². The number of benzene rings is 2. The molecule has 2 aromatic carbocycles. The molecule has 0 saturated carbocycles. The van der Waals surface area contributed by atoms with Crippen molar-refractivity contribution in [2.75, 3.05) is 45.2 Å². The van der Waals surface area contributed by atoms with Gasteiger partial charge < -0.3 is 4.90 Å². The summed E-state index contributed by atoms with van der Waals surface area (Å²) in [6, 6.07) is 6.61. The van der Waals surface area contributed by atoms with E-state index < -0.39 is 33.4 Å². The number of anilines is 1. The van der Waals surface area contributed by atoms with Crippen LogP contribution >= 0.6 is 11.3 Å². The maximum absolute atomic E-state index is 14.3. The number of fused-ring (bicyclic) bond motifs is 1. The average molecular weight is 541 g/mol. The second kappa shape index (κ2) is 10.8. The highest BCUT2D eigenvalue weighted by Gasteiger charge is 2.35. The van der Waals surface area contributed by atoms with E-state index in [9.17, 15) is 26.4 Å². The van der Waals surface area contributed by atoms with Gasteiger partial charge in [-0.1, -0.05) is 11.3 Å². The van der Waals surface area contributed by atoms with Crippen LogP contribution in [0.25, 0.3) is 10.2 Å². The number of hydrogen-bond acceptors (Lipinski definition) is 6. The SMILES string of the molecule is CN(C)CCCN(C(=O)C1CCN(S(=O)(=O)c2ccc(F)cc2)CC1)c1nc2c(F)cc(F)cc2s1. The fraction of sp³-hybridized carbons (Fsp3) is 0.417. The molecule has 0 bridgehead atoms. The van der Waals surface area contributed by atoms with Crippen LogP contribution in [0.3, 0.4) is 0 Å². The van der Waals surface area contributed by atoms with Gasteiger partial charge in [0.05, 0.1) is 9.60 Å². The molecule has 1 aliphatic rings. The number of sulfonamides is 1. The Labute approximate surface area is 212 Å². The summed E-state index contributed by atoms with van der Waals surface area (Å²) < 4.78 is 68.6. The summed E-state index contributed by atoms with van der Waals surface area (Å²) in [6.07, 6.45) is 1.25. The zero-order valence-corrected chi connectivity index (χ0v) is 21.6. The standard InChI is InChI=1S/C24H27F3N4O3S2/c1-29(2)10-3-11-31(24-28-22-20(27)14-18(26)15-21(22)35-24)23(32)16-8-12-30(13-9-16)36(33,34)19-6-4-17(25)5-7-19/h4-7,14-16H,3,8-13H2,1-2H3. The molecule has 1 aliphatic heterocycles. The lowest BCUT2D eigenvalue weighted by molar-refractivity contribution is -0.123. The van der Waals surface area contributed by atoms with Crippen molar-refractivity contribution in [2.24, 2.45) is 5.92 Å². The van der Waals surface area contributed by atoms with Crippen LogP contribution < -0.4 is 4.90 Å². The fourth-order valence-corrected chi connectivity index (χ4v) is 6.73. The Hall–Kier alpha value is -2.54. The molecule has 2 heterocycles. The van der Waals surface area contributed by atoms with Crippen molar-refractivity contribution in [3.8, 4) is 0 Å². The molecule has 1 saturated heterocycles. The molecular weight excluding hydrogens is 513 g/mol. The third-order valence-electron chi connectivity index (χ3n) is 6.14. The summed E-state index contributed by atoms with van der Waals surface area (Å²) in [6.45, 7) is 1.34. The van der Waals surface area contributed by atoms with Gasteiger partial charge in [0.25, 0.3) is 0 Å². The van der Waals surface area contributed by atoms with E-state index in [4.69, 9.17) is 0 Å². The minimum Gasteiger partial charge on any atom is -0.309 e. The van der Waals surface area contributed by atoms with Crippen LogP contribution in [0.15, 0.2) is 41.3 Å². The number of aromatic nitrogens is 1. The third-order valence-corrected chi connectivity index (χ3v) is 9.08. The van der Waals surface area contributed by atoms with E-state index in [0.29, 0.717) is 42.2 Å². The van der Waals surface area contributed by atoms with Crippen LogP contribution in [0, 0.1) is 23.4 Å². The van der Waals surface area contributed by atoms with Crippen LogP contribution in [0.5, 0.6) is 0 Å². The summed E-state index contributed by atoms with van der Waals surface area (Å²) >= 11 is 1.05. The number of halogens is 3. The minimum absolute atomic E-state index is 0.00252. The molecule has 0 spiro atoms. The third kappa shape index (κ3) is 5.72. The van der Waals surface area contributed by atoms with E-state index in [0.717, 1.165) is 29.5 Å². The van der Waals surface area contributed by atoms with Gasteiger partial charge in [0, 0.05) is 31.6 Å². The summed E-state index contributed by atoms with van der Waals surface area (Å²) in [4.78, 5) is 21.4. The van der Waals surface area contributed by atoms with Gasteiger partial charge in [-0.05, 0) is 70.2 Å². The summed E-state index contributed by atoms with van der Waals surface area (Å²) in [7, 11) is 0.0305. The average Bonchev–Trinajstić information content (AvgIpc) is 3.25. The van der Waals surface area contributed by atoms with Crippen LogP contribution in [-0.2, 0) is 14.8 Å². The number of carbonyl (C=O) groups is 1. The van der Waals surface area contributed by atoms with Crippen molar-refractivity contribution in [1.82, 2.24) is 14.2 Å². The van der Waals surface area contributed by atoms with Crippen molar-refractivity contribution in [3.05, 3.63) is 53.8 Å². The number of piperidine rings is 1. The molecule has 0 atom stereocenters. The highest BCUT2D eigenvalue weighted by Crippen LogP contribution is 2.33. The molecule has 194 valence electrons. The number of carbonyl (C=O) groups excluding carboxylic acids is 1. The summed E-state index contributed by atoms with van der Waals surface area (Å²) in [5.41, 5.74) is 0.0158. The van der Waals surface area contributed by atoms with Crippen molar-refractivity contribution in [3.63, 3.8) is 0 Å². The van der Waals surface area contributed by atoms with E-state index in [1.807, 2.05) is 19.0 Å². The van der Waals surface area contributed by atoms with Gasteiger partial charge in [-0.3, -0.25) is 9.69 Å². The monoisotopic (exact) mass is 540 g/mol. The molecule has 7 nitrogen and oxygen atoms in total. The number of amides is 1. The van der Waals surface area contributed by atoms with Crippen molar-refractivity contribution in [1.29, 1.82) is 0 Å². The number of hydrogen-bond donors (Lipinski definition) is 0.